The second-order valence-corrected chi connectivity index (χ2v) is 9.38. The monoisotopic (exact) mass is 537 g/mol. The van der Waals surface area contributed by atoms with Crippen LogP contribution in [0.15, 0.2) is 76.1 Å². The van der Waals surface area contributed by atoms with E-state index in [-0.39, 0.29) is 23.4 Å². The van der Waals surface area contributed by atoms with E-state index in [1.807, 2.05) is 31.2 Å². The van der Waals surface area contributed by atoms with Gasteiger partial charge in [-0.2, -0.15) is 0 Å². The fraction of sp³-hybridized carbons (Fsp3) is 0.115. The molecule has 3 aromatic carbocycles. The molecule has 0 atom stereocenters. The number of hydrogen-bond donors (Lipinski definition) is 0. The largest absolute Gasteiger partial charge is 0.493 e. The van der Waals surface area contributed by atoms with Crippen LogP contribution in [0.3, 0.4) is 0 Å². The van der Waals surface area contributed by atoms with Crippen molar-refractivity contribution in [2.24, 2.45) is 0 Å². The minimum absolute atomic E-state index is 0.219. The molecule has 0 saturated carbocycles. The normalized spacial score (nSPS) is 14.6. The van der Waals surface area contributed by atoms with E-state index in [2.05, 4.69) is 15.9 Å². The zero-order valence-corrected chi connectivity index (χ0v) is 20.8. The molecule has 1 fully saturated rings. The van der Waals surface area contributed by atoms with Gasteiger partial charge < -0.3 is 9.47 Å². The van der Waals surface area contributed by atoms with Gasteiger partial charge >= 0.3 is 5.97 Å². The van der Waals surface area contributed by atoms with E-state index in [1.165, 1.54) is 12.0 Å². The highest BCUT2D eigenvalue weighted by molar-refractivity contribution is 9.10. The van der Waals surface area contributed by atoms with Gasteiger partial charge in [-0.25, -0.2) is 4.79 Å². The third kappa shape index (κ3) is 5.24. The number of amides is 2. The van der Waals surface area contributed by atoms with Crippen molar-refractivity contribution in [3.05, 3.63) is 98.4 Å². The minimum Gasteiger partial charge on any atom is -0.493 e. The van der Waals surface area contributed by atoms with Gasteiger partial charge in [0.15, 0.2) is 11.5 Å². The molecule has 1 heterocycles. The molecule has 0 aromatic heterocycles. The third-order valence-corrected chi connectivity index (χ3v) is 6.68. The predicted molar refractivity (Wildman–Crippen MR) is 135 cm³/mol. The molecule has 4 rings (SSSR count). The third-order valence-electron chi connectivity index (χ3n) is 5.08. The Morgan fingerprint density at radius 2 is 1.82 bits per heavy atom. The van der Waals surface area contributed by atoms with Gasteiger partial charge in [0, 0.05) is 4.47 Å². The van der Waals surface area contributed by atoms with Crippen molar-refractivity contribution < 1.29 is 23.9 Å². The number of nitrogens with zero attached hydrogens (tertiary/aromatic N) is 1. The number of carbonyl (C=O) groups excluding carboxylic acids is 3. The van der Waals surface area contributed by atoms with Crippen LogP contribution >= 0.6 is 27.7 Å². The molecule has 0 spiro atoms. The topological polar surface area (TPSA) is 72.9 Å². The lowest BCUT2D eigenvalue weighted by Gasteiger charge is -2.13. The van der Waals surface area contributed by atoms with E-state index in [0.29, 0.717) is 26.3 Å². The van der Waals surface area contributed by atoms with E-state index in [9.17, 15) is 14.4 Å². The van der Waals surface area contributed by atoms with Crippen LogP contribution in [-0.4, -0.2) is 29.1 Å². The van der Waals surface area contributed by atoms with Gasteiger partial charge in [0.2, 0.25) is 0 Å². The summed E-state index contributed by atoms with van der Waals surface area (Å²) in [6, 6.07) is 19.6. The minimum atomic E-state index is -0.532. The molecule has 34 heavy (non-hydrogen) atoms. The van der Waals surface area contributed by atoms with E-state index >= 15 is 0 Å². The summed E-state index contributed by atoms with van der Waals surface area (Å²) in [7, 11) is 1.46. The number of hydrogen-bond acceptors (Lipinski definition) is 6. The van der Waals surface area contributed by atoms with Crippen molar-refractivity contribution in [2.45, 2.75) is 13.5 Å². The van der Waals surface area contributed by atoms with Crippen LogP contribution in [0.4, 0.5) is 4.79 Å². The number of benzene rings is 3. The lowest BCUT2D eigenvalue weighted by atomic mass is 10.1. The molecule has 0 radical (unpaired) electrons. The Kier molecular flexibility index (Phi) is 7.19. The SMILES string of the molecule is COc1cc(/C=C2\SC(=O)N(Cc3cccc(C)c3)C2=O)ccc1OC(=O)c1ccccc1Br. The number of ether oxygens (including phenoxy) is 2. The Balaban J connectivity index is 1.53. The van der Waals surface area contributed by atoms with E-state index < -0.39 is 5.97 Å². The molecule has 0 unspecified atom stereocenters. The Morgan fingerprint density at radius 3 is 2.56 bits per heavy atom. The van der Waals surface area contributed by atoms with Gasteiger partial charge in [0.1, 0.15) is 0 Å². The molecule has 6 nitrogen and oxygen atoms in total. The van der Waals surface area contributed by atoms with Crippen LogP contribution in [0.2, 0.25) is 0 Å². The van der Waals surface area contributed by atoms with Crippen LogP contribution in [0.1, 0.15) is 27.0 Å². The van der Waals surface area contributed by atoms with Crippen LogP contribution < -0.4 is 9.47 Å². The molecule has 8 heteroatoms. The number of aryl methyl sites for hydroxylation is 1. The summed E-state index contributed by atoms with van der Waals surface area (Å²) in [5, 5.41) is -0.316. The molecule has 1 aliphatic rings. The number of carbonyl (C=O) groups is 3. The van der Waals surface area contributed by atoms with Gasteiger partial charge in [-0.3, -0.25) is 14.5 Å². The smallest absolute Gasteiger partial charge is 0.344 e. The highest BCUT2D eigenvalue weighted by atomic mass is 79.9. The first kappa shape index (κ1) is 23.8. The summed E-state index contributed by atoms with van der Waals surface area (Å²) < 4.78 is 11.5. The van der Waals surface area contributed by atoms with Crippen molar-refractivity contribution in [2.75, 3.05) is 7.11 Å². The number of imide groups is 1. The predicted octanol–water partition coefficient (Wildman–Crippen LogP) is 6.22. The van der Waals surface area contributed by atoms with Crippen LogP contribution in [0, 0.1) is 6.92 Å². The Hall–Kier alpha value is -3.36. The van der Waals surface area contributed by atoms with Gasteiger partial charge in [0.05, 0.1) is 24.1 Å². The first-order valence-corrected chi connectivity index (χ1v) is 11.9. The number of esters is 1. The van der Waals surface area contributed by atoms with Crippen molar-refractivity contribution >= 4 is 50.9 Å². The number of halogens is 1. The number of methoxy groups -OCH3 is 1. The standard InChI is InChI=1S/C26H20BrNO5S/c1-16-6-5-7-18(12-16)15-28-24(29)23(34-26(28)31)14-17-10-11-21(22(13-17)32-2)33-25(30)19-8-3-4-9-20(19)27/h3-14H,15H2,1-2H3/b23-14-. The number of rotatable bonds is 6. The fourth-order valence-electron chi connectivity index (χ4n) is 3.42. The highest BCUT2D eigenvalue weighted by Gasteiger charge is 2.35. The molecular weight excluding hydrogens is 518 g/mol. The highest BCUT2D eigenvalue weighted by Crippen LogP contribution is 2.35. The van der Waals surface area contributed by atoms with E-state index in [1.54, 1.807) is 48.5 Å². The zero-order valence-electron chi connectivity index (χ0n) is 18.4. The average Bonchev–Trinajstić information content (AvgIpc) is 3.07. The maximum absolute atomic E-state index is 12.9. The lowest BCUT2D eigenvalue weighted by Crippen LogP contribution is -2.27. The molecular formula is C26H20BrNO5S. The zero-order chi connectivity index (χ0) is 24.2. The molecule has 0 N–H and O–H groups in total. The summed E-state index contributed by atoms with van der Waals surface area (Å²) in [6.07, 6.45) is 1.63. The summed E-state index contributed by atoms with van der Waals surface area (Å²) >= 11 is 4.23. The van der Waals surface area contributed by atoms with Crippen molar-refractivity contribution in [3.8, 4) is 11.5 Å². The van der Waals surface area contributed by atoms with E-state index in [0.717, 1.165) is 22.9 Å². The lowest BCUT2D eigenvalue weighted by molar-refractivity contribution is -0.123. The first-order chi connectivity index (χ1) is 16.4. The van der Waals surface area contributed by atoms with Crippen molar-refractivity contribution in [3.63, 3.8) is 0 Å². The Morgan fingerprint density at radius 1 is 1.03 bits per heavy atom. The molecule has 1 saturated heterocycles. The van der Waals surface area contributed by atoms with Crippen LogP contribution in [-0.2, 0) is 11.3 Å². The van der Waals surface area contributed by atoms with Crippen LogP contribution in [0.5, 0.6) is 11.5 Å². The summed E-state index contributed by atoms with van der Waals surface area (Å²) in [5.74, 6) is -0.309. The Labute approximate surface area is 209 Å². The molecule has 3 aromatic rings. The van der Waals surface area contributed by atoms with Crippen molar-refractivity contribution in [1.82, 2.24) is 4.90 Å². The van der Waals surface area contributed by atoms with Gasteiger partial charge in [-0.1, -0.05) is 48.0 Å². The van der Waals surface area contributed by atoms with E-state index in [4.69, 9.17) is 9.47 Å². The number of thioether (sulfide) groups is 1. The molecule has 0 bridgehead atoms. The van der Waals surface area contributed by atoms with Gasteiger partial charge in [0.25, 0.3) is 11.1 Å². The molecule has 1 aliphatic heterocycles. The molecule has 2 amide bonds. The van der Waals surface area contributed by atoms with Gasteiger partial charge in [-0.05, 0) is 76.1 Å². The van der Waals surface area contributed by atoms with Crippen LogP contribution in [0.25, 0.3) is 6.08 Å². The second-order valence-electron chi connectivity index (χ2n) is 7.54. The Bertz CT molecular complexity index is 1320. The second kappa shape index (κ2) is 10.3. The summed E-state index contributed by atoms with van der Waals surface area (Å²) in [4.78, 5) is 39.4. The quantitative estimate of drug-likeness (QED) is 0.211. The van der Waals surface area contributed by atoms with Gasteiger partial charge in [-0.15, -0.1) is 0 Å². The summed E-state index contributed by atoms with van der Waals surface area (Å²) in [6.45, 7) is 2.18. The average molecular weight is 538 g/mol. The molecule has 0 aliphatic carbocycles. The maximum atomic E-state index is 12.9. The van der Waals surface area contributed by atoms with Crippen molar-refractivity contribution in [1.29, 1.82) is 0 Å². The first-order valence-electron chi connectivity index (χ1n) is 10.3. The molecule has 172 valence electrons. The summed E-state index contributed by atoms with van der Waals surface area (Å²) in [5.41, 5.74) is 2.98. The fourth-order valence-corrected chi connectivity index (χ4v) is 4.71. The maximum Gasteiger partial charge on any atom is 0.344 e.